The van der Waals surface area contributed by atoms with Crippen molar-refractivity contribution in [2.24, 2.45) is 0 Å². The van der Waals surface area contributed by atoms with Gasteiger partial charge in [-0.2, -0.15) is 0 Å². The van der Waals surface area contributed by atoms with E-state index >= 15 is 0 Å². The third kappa shape index (κ3) is 4.89. The van der Waals surface area contributed by atoms with E-state index in [1.165, 1.54) is 5.56 Å². The van der Waals surface area contributed by atoms with Crippen LogP contribution in [0.3, 0.4) is 0 Å². The van der Waals surface area contributed by atoms with Crippen molar-refractivity contribution in [2.75, 3.05) is 11.9 Å². The number of hydrogen-bond acceptors (Lipinski definition) is 2. The second kappa shape index (κ2) is 8.05. The summed E-state index contributed by atoms with van der Waals surface area (Å²) >= 11 is 0. The Hall–Kier alpha value is -2.73. The molecule has 2 rings (SSSR count). The van der Waals surface area contributed by atoms with Gasteiger partial charge in [0.15, 0.2) is 6.61 Å². The molecule has 0 saturated heterocycles. The van der Waals surface area contributed by atoms with E-state index in [0.29, 0.717) is 17.4 Å². The van der Waals surface area contributed by atoms with Gasteiger partial charge in [-0.1, -0.05) is 38.0 Å². The van der Waals surface area contributed by atoms with Crippen molar-refractivity contribution in [3.05, 3.63) is 59.7 Å². The van der Waals surface area contributed by atoms with Crippen LogP contribution in [0.25, 0.3) is 0 Å². The lowest BCUT2D eigenvalue weighted by Crippen LogP contribution is -2.20. The molecular formula is C20H21NO2. The fraction of sp³-hybridized carbons (Fsp3) is 0.250. The second-order valence-electron chi connectivity index (χ2n) is 5.44. The van der Waals surface area contributed by atoms with Crippen molar-refractivity contribution in [1.82, 2.24) is 0 Å². The molecule has 3 heteroatoms. The molecule has 0 fully saturated rings. The zero-order chi connectivity index (χ0) is 16.7. The van der Waals surface area contributed by atoms with Crippen LogP contribution < -0.4 is 10.1 Å². The first kappa shape index (κ1) is 16.6. The largest absolute Gasteiger partial charge is 0.484 e. The topological polar surface area (TPSA) is 38.3 Å². The number of terminal acetylenes is 1. The predicted molar refractivity (Wildman–Crippen MR) is 93.6 cm³/mol. The minimum atomic E-state index is -0.217. The van der Waals surface area contributed by atoms with Gasteiger partial charge in [-0.15, -0.1) is 6.42 Å². The molecule has 0 spiro atoms. The lowest BCUT2D eigenvalue weighted by atomic mass is 9.99. The Kier molecular flexibility index (Phi) is 5.82. The van der Waals surface area contributed by atoms with Gasteiger partial charge in [-0.3, -0.25) is 4.79 Å². The van der Waals surface area contributed by atoms with Crippen molar-refractivity contribution in [3.63, 3.8) is 0 Å². The van der Waals surface area contributed by atoms with Crippen molar-refractivity contribution in [2.45, 2.75) is 26.2 Å². The van der Waals surface area contributed by atoms with Gasteiger partial charge >= 0.3 is 0 Å². The zero-order valence-electron chi connectivity index (χ0n) is 13.5. The summed E-state index contributed by atoms with van der Waals surface area (Å²) in [5.74, 6) is 3.53. The summed E-state index contributed by atoms with van der Waals surface area (Å²) in [4.78, 5) is 11.9. The molecule has 2 aromatic rings. The third-order valence-electron chi connectivity index (χ3n) is 3.74. The van der Waals surface area contributed by atoms with Gasteiger partial charge in [0, 0.05) is 11.3 Å². The number of carbonyl (C=O) groups excluding carboxylic acids is 1. The molecule has 0 heterocycles. The van der Waals surface area contributed by atoms with E-state index in [0.717, 1.165) is 12.0 Å². The number of carbonyl (C=O) groups is 1. The first-order valence-electron chi connectivity index (χ1n) is 7.71. The van der Waals surface area contributed by atoms with Crippen LogP contribution in [0.1, 0.15) is 37.3 Å². The van der Waals surface area contributed by atoms with Gasteiger partial charge in [0.2, 0.25) is 0 Å². The van der Waals surface area contributed by atoms with E-state index in [1.54, 1.807) is 18.2 Å². The fourth-order valence-electron chi connectivity index (χ4n) is 2.16. The number of nitrogens with one attached hydrogen (secondary N) is 1. The molecule has 0 aromatic heterocycles. The molecule has 1 N–H and O–H groups in total. The van der Waals surface area contributed by atoms with Crippen LogP contribution in [-0.4, -0.2) is 12.5 Å². The molecule has 0 aliphatic carbocycles. The highest BCUT2D eigenvalue weighted by atomic mass is 16.5. The summed E-state index contributed by atoms with van der Waals surface area (Å²) in [6.45, 7) is 4.31. The molecule has 118 valence electrons. The summed E-state index contributed by atoms with van der Waals surface area (Å²) in [6, 6.07) is 15.0. The minimum Gasteiger partial charge on any atom is -0.484 e. The Morgan fingerprint density at radius 1 is 1.26 bits per heavy atom. The Morgan fingerprint density at radius 3 is 2.65 bits per heavy atom. The van der Waals surface area contributed by atoms with Gasteiger partial charge in [0.1, 0.15) is 5.75 Å². The van der Waals surface area contributed by atoms with E-state index in [-0.39, 0.29) is 12.5 Å². The smallest absolute Gasteiger partial charge is 0.262 e. The van der Waals surface area contributed by atoms with E-state index in [9.17, 15) is 4.79 Å². The van der Waals surface area contributed by atoms with Crippen LogP contribution in [-0.2, 0) is 4.79 Å². The first-order chi connectivity index (χ1) is 11.1. The van der Waals surface area contributed by atoms with Crippen LogP contribution in [0.5, 0.6) is 5.75 Å². The lowest BCUT2D eigenvalue weighted by molar-refractivity contribution is -0.118. The van der Waals surface area contributed by atoms with Gasteiger partial charge in [0.05, 0.1) is 0 Å². The molecule has 1 atom stereocenters. The number of rotatable bonds is 6. The highest BCUT2D eigenvalue weighted by Crippen LogP contribution is 2.21. The van der Waals surface area contributed by atoms with Crippen molar-refractivity contribution >= 4 is 11.6 Å². The number of amides is 1. The number of benzene rings is 2. The van der Waals surface area contributed by atoms with E-state index in [4.69, 9.17) is 11.2 Å². The summed E-state index contributed by atoms with van der Waals surface area (Å²) < 4.78 is 5.51. The molecule has 0 radical (unpaired) electrons. The monoisotopic (exact) mass is 307 g/mol. The standard InChI is InChI=1S/C20H21NO2/c1-4-15(3)17-9-11-19(12-10-17)23-14-20(22)21-18-8-6-7-16(5-2)13-18/h2,6-13,15H,4,14H2,1,3H3,(H,21,22). The summed E-state index contributed by atoms with van der Waals surface area (Å²) in [5.41, 5.74) is 2.67. The number of anilines is 1. The predicted octanol–water partition coefficient (Wildman–Crippen LogP) is 4.20. The maximum absolute atomic E-state index is 11.9. The van der Waals surface area contributed by atoms with Crippen molar-refractivity contribution in [1.29, 1.82) is 0 Å². The summed E-state index contributed by atoms with van der Waals surface area (Å²) in [6.07, 6.45) is 6.44. The quantitative estimate of drug-likeness (QED) is 0.812. The van der Waals surface area contributed by atoms with Crippen LogP contribution in [0, 0.1) is 12.3 Å². The molecule has 0 aliphatic rings. The molecule has 1 amide bonds. The van der Waals surface area contributed by atoms with Crippen LogP contribution in [0.4, 0.5) is 5.69 Å². The van der Waals surface area contributed by atoms with Crippen molar-refractivity contribution in [3.8, 4) is 18.1 Å². The van der Waals surface area contributed by atoms with Gasteiger partial charge in [-0.25, -0.2) is 0 Å². The molecule has 2 aromatic carbocycles. The number of hydrogen-bond donors (Lipinski definition) is 1. The normalized spacial score (nSPS) is 11.3. The van der Waals surface area contributed by atoms with Gasteiger partial charge in [0.25, 0.3) is 5.91 Å². The first-order valence-corrected chi connectivity index (χ1v) is 7.71. The minimum absolute atomic E-state index is 0.0387. The van der Waals surface area contributed by atoms with Gasteiger partial charge < -0.3 is 10.1 Å². The highest BCUT2D eigenvalue weighted by Gasteiger charge is 2.06. The lowest BCUT2D eigenvalue weighted by Gasteiger charge is -2.11. The average Bonchev–Trinajstić information content (AvgIpc) is 2.60. The van der Waals surface area contributed by atoms with Crippen LogP contribution in [0.15, 0.2) is 48.5 Å². The summed E-state index contributed by atoms with van der Waals surface area (Å²) in [7, 11) is 0. The molecule has 1 unspecified atom stereocenters. The molecule has 3 nitrogen and oxygen atoms in total. The Labute approximate surface area is 137 Å². The molecule has 0 aliphatic heterocycles. The SMILES string of the molecule is C#Cc1cccc(NC(=O)COc2ccc(C(C)CC)cc2)c1. The maximum atomic E-state index is 11.9. The second-order valence-corrected chi connectivity index (χ2v) is 5.44. The maximum Gasteiger partial charge on any atom is 0.262 e. The summed E-state index contributed by atoms with van der Waals surface area (Å²) in [5, 5.41) is 2.77. The zero-order valence-corrected chi connectivity index (χ0v) is 13.5. The van der Waals surface area contributed by atoms with E-state index in [1.807, 2.05) is 30.3 Å². The molecule has 23 heavy (non-hydrogen) atoms. The van der Waals surface area contributed by atoms with Crippen LogP contribution >= 0.6 is 0 Å². The highest BCUT2D eigenvalue weighted by molar-refractivity contribution is 5.92. The Morgan fingerprint density at radius 2 is 2.00 bits per heavy atom. The van der Waals surface area contributed by atoms with Crippen LogP contribution in [0.2, 0.25) is 0 Å². The Balaban J connectivity index is 1.88. The van der Waals surface area contributed by atoms with E-state index in [2.05, 4.69) is 25.1 Å². The molecule has 0 bridgehead atoms. The number of ether oxygens (including phenoxy) is 1. The molecule has 0 saturated carbocycles. The third-order valence-corrected chi connectivity index (χ3v) is 3.74. The Bertz CT molecular complexity index is 698. The van der Waals surface area contributed by atoms with Gasteiger partial charge in [-0.05, 0) is 48.2 Å². The average molecular weight is 307 g/mol. The van der Waals surface area contributed by atoms with Crippen molar-refractivity contribution < 1.29 is 9.53 Å². The fourth-order valence-corrected chi connectivity index (χ4v) is 2.16. The van der Waals surface area contributed by atoms with E-state index < -0.39 is 0 Å². The molecular weight excluding hydrogens is 286 g/mol.